The first-order valence-corrected chi connectivity index (χ1v) is 6.31. The van der Waals surface area contributed by atoms with Gasteiger partial charge in [-0.25, -0.2) is 0 Å². The Labute approximate surface area is 107 Å². The van der Waals surface area contributed by atoms with Gasteiger partial charge in [0.1, 0.15) is 12.4 Å². The molecular formula is C14H18N2O2. The topological polar surface area (TPSA) is 56.5 Å². The van der Waals surface area contributed by atoms with Crippen LogP contribution in [0.5, 0.6) is 5.75 Å². The van der Waals surface area contributed by atoms with E-state index in [1.165, 1.54) is 0 Å². The van der Waals surface area contributed by atoms with Crippen LogP contribution < -0.4 is 4.74 Å². The summed E-state index contributed by atoms with van der Waals surface area (Å²) >= 11 is 0. The van der Waals surface area contributed by atoms with Gasteiger partial charge in [0, 0.05) is 19.6 Å². The molecule has 0 saturated carbocycles. The lowest BCUT2D eigenvalue weighted by Gasteiger charge is -2.29. The molecule has 0 aliphatic carbocycles. The van der Waals surface area contributed by atoms with Crippen LogP contribution in [-0.4, -0.2) is 42.4 Å². The summed E-state index contributed by atoms with van der Waals surface area (Å²) in [5, 5.41) is 18.1. The maximum absolute atomic E-state index is 9.40. The summed E-state index contributed by atoms with van der Waals surface area (Å²) in [6, 6.07) is 9.23. The Hall–Kier alpha value is -1.57. The Morgan fingerprint density at radius 3 is 2.56 bits per heavy atom. The molecule has 1 aliphatic rings. The molecule has 0 radical (unpaired) electrons. The minimum atomic E-state index is -0.124. The zero-order chi connectivity index (χ0) is 12.8. The number of likely N-dealkylation sites (tertiary alicyclic amines) is 1. The highest BCUT2D eigenvalue weighted by atomic mass is 16.5. The minimum Gasteiger partial charge on any atom is -0.492 e. The van der Waals surface area contributed by atoms with Gasteiger partial charge in [0.05, 0.1) is 17.7 Å². The molecule has 1 fully saturated rings. The Kier molecular flexibility index (Phi) is 4.57. The Bertz CT molecular complexity index is 403. The normalized spacial score (nSPS) is 17.3. The van der Waals surface area contributed by atoms with E-state index < -0.39 is 0 Å². The molecule has 4 nitrogen and oxygen atoms in total. The van der Waals surface area contributed by atoms with Crippen molar-refractivity contribution in [2.45, 2.75) is 18.9 Å². The van der Waals surface area contributed by atoms with Gasteiger partial charge in [-0.3, -0.25) is 4.90 Å². The second kappa shape index (κ2) is 6.39. The molecular weight excluding hydrogens is 228 g/mol. The standard InChI is InChI=1S/C14H18N2O2/c15-11-12-1-3-14(4-2-12)18-10-9-16-7-5-13(17)6-8-16/h1-4,13,17H,5-10H2. The van der Waals surface area contributed by atoms with Gasteiger partial charge in [0.2, 0.25) is 0 Å². The van der Waals surface area contributed by atoms with Gasteiger partial charge in [0.15, 0.2) is 0 Å². The fourth-order valence-corrected chi connectivity index (χ4v) is 2.06. The van der Waals surface area contributed by atoms with E-state index >= 15 is 0 Å². The first kappa shape index (κ1) is 12.9. The fourth-order valence-electron chi connectivity index (χ4n) is 2.06. The van der Waals surface area contributed by atoms with Crippen LogP contribution in [0.25, 0.3) is 0 Å². The number of ether oxygens (including phenoxy) is 1. The molecule has 0 spiro atoms. The van der Waals surface area contributed by atoms with Gasteiger partial charge in [-0.2, -0.15) is 5.26 Å². The summed E-state index contributed by atoms with van der Waals surface area (Å²) in [5.74, 6) is 0.797. The van der Waals surface area contributed by atoms with E-state index in [1.807, 2.05) is 12.1 Å². The third kappa shape index (κ3) is 3.73. The molecule has 0 amide bonds. The maximum atomic E-state index is 9.40. The summed E-state index contributed by atoms with van der Waals surface area (Å²) in [5.41, 5.74) is 0.646. The first-order chi connectivity index (χ1) is 8.78. The molecule has 1 aromatic carbocycles. The molecule has 4 heteroatoms. The van der Waals surface area contributed by atoms with E-state index in [9.17, 15) is 5.11 Å². The molecule has 0 atom stereocenters. The number of nitriles is 1. The van der Waals surface area contributed by atoms with Crippen molar-refractivity contribution in [1.29, 1.82) is 5.26 Å². The van der Waals surface area contributed by atoms with Crippen molar-refractivity contribution in [3.05, 3.63) is 29.8 Å². The summed E-state index contributed by atoms with van der Waals surface area (Å²) < 4.78 is 5.62. The predicted octanol–water partition coefficient (Wildman–Crippen LogP) is 1.39. The van der Waals surface area contributed by atoms with E-state index in [0.29, 0.717) is 12.2 Å². The van der Waals surface area contributed by atoms with Gasteiger partial charge in [0.25, 0.3) is 0 Å². The molecule has 18 heavy (non-hydrogen) atoms. The lowest BCUT2D eigenvalue weighted by molar-refractivity contribution is 0.0755. The number of rotatable bonds is 4. The van der Waals surface area contributed by atoms with Crippen LogP contribution in [0.1, 0.15) is 18.4 Å². The fraction of sp³-hybridized carbons (Fsp3) is 0.500. The highest BCUT2D eigenvalue weighted by molar-refractivity contribution is 5.34. The lowest BCUT2D eigenvalue weighted by Crippen LogP contribution is -2.38. The average Bonchev–Trinajstić information content (AvgIpc) is 2.42. The number of piperidine rings is 1. The molecule has 1 aromatic rings. The monoisotopic (exact) mass is 246 g/mol. The summed E-state index contributed by atoms with van der Waals surface area (Å²) in [6.45, 7) is 3.41. The van der Waals surface area contributed by atoms with Crippen LogP contribution in [0.15, 0.2) is 24.3 Å². The van der Waals surface area contributed by atoms with Crippen LogP contribution in [-0.2, 0) is 0 Å². The Balaban J connectivity index is 1.70. The van der Waals surface area contributed by atoms with Gasteiger partial charge >= 0.3 is 0 Å². The molecule has 1 heterocycles. The average molecular weight is 246 g/mol. The Morgan fingerprint density at radius 2 is 1.94 bits per heavy atom. The molecule has 0 unspecified atom stereocenters. The van der Waals surface area contributed by atoms with Crippen molar-refractivity contribution in [3.63, 3.8) is 0 Å². The highest BCUT2D eigenvalue weighted by Crippen LogP contribution is 2.12. The number of hydrogen-bond donors (Lipinski definition) is 1. The van der Waals surface area contributed by atoms with E-state index in [0.717, 1.165) is 38.2 Å². The van der Waals surface area contributed by atoms with Gasteiger partial charge < -0.3 is 9.84 Å². The van der Waals surface area contributed by atoms with Crippen LogP contribution in [0.3, 0.4) is 0 Å². The lowest BCUT2D eigenvalue weighted by atomic mass is 10.1. The van der Waals surface area contributed by atoms with E-state index in [4.69, 9.17) is 10.00 Å². The van der Waals surface area contributed by atoms with E-state index in [2.05, 4.69) is 11.0 Å². The molecule has 1 N–H and O–H groups in total. The molecule has 1 saturated heterocycles. The van der Waals surface area contributed by atoms with Crippen molar-refractivity contribution >= 4 is 0 Å². The van der Waals surface area contributed by atoms with E-state index in [-0.39, 0.29) is 6.10 Å². The first-order valence-electron chi connectivity index (χ1n) is 6.31. The molecule has 96 valence electrons. The quantitative estimate of drug-likeness (QED) is 0.872. The molecule has 0 aromatic heterocycles. The predicted molar refractivity (Wildman–Crippen MR) is 68.3 cm³/mol. The third-order valence-electron chi connectivity index (χ3n) is 3.22. The number of benzene rings is 1. The van der Waals surface area contributed by atoms with Crippen molar-refractivity contribution < 1.29 is 9.84 Å². The van der Waals surface area contributed by atoms with Crippen molar-refractivity contribution in [1.82, 2.24) is 4.90 Å². The molecule has 2 rings (SSSR count). The molecule has 0 bridgehead atoms. The third-order valence-corrected chi connectivity index (χ3v) is 3.22. The number of aliphatic hydroxyl groups is 1. The number of hydrogen-bond acceptors (Lipinski definition) is 4. The summed E-state index contributed by atoms with van der Waals surface area (Å²) in [4.78, 5) is 2.30. The highest BCUT2D eigenvalue weighted by Gasteiger charge is 2.16. The zero-order valence-electron chi connectivity index (χ0n) is 10.4. The Morgan fingerprint density at radius 1 is 1.28 bits per heavy atom. The summed E-state index contributed by atoms with van der Waals surface area (Å²) in [7, 11) is 0. The number of aliphatic hydroxyl groups excluding tert-OH is 1. The van der Waals surface area contributed by atoms with Crippen LogP contribution in [0.2, 0.25) is 0 Å². The summed E-state index contributed by atoms with van der Waals surface area (Å²) in [6.07, 6.45) is 1.59. The maximum Gasteiger partial charge on any atom is 0.119 e. The van der Waals surface area contributed by atoms with Crippen LogP contribution in [0.4, 0.5) is 0 Å². The van der Waals surface area contributed by atoms with Gasteiger partial charge in [-0.1, -0.05) is 0 Å². The largest absolute Gasteiger partial charge is 0.492 e. The molecule has 1 aliphatic heterocycles. The second-order valence-electron chi connectivity index (χ2n) is 4.56. The minimum absolute atomic E-state index is 0.124. The van der Waals surface area contributed by atoms with Crippen molar-refractivity contribution in [2.24, 2.45) is 0 Å². The second-order valence-corrected chi connectivity index (χ2v) is 4.56. The van der Waals surface area contributed by atoms with Gasteiger partial charge in [-0.05, 0) is 37.1 Å². The van der Waals surface area contributed by atoms with Crippen LogP contribution >= 0.6 is 0 Å². The van der Waals surface area contributed by atoms with Gasteiger partial charge in [-0.15, -0.1) is 0 Å². The van der Waals surface area contributed by atoms with Crippen molar-refractivity contribution in [2.75, 3.05) is 26.2 Å². The van der Waals surface area contributed by atoms with Crippen LogP contribution in [0, 0.1) is 11.3 Å². The van der Waals surface area contributed by atoms with E-state index in [1.54, 1.807) is 12.1 Å². The zero-order valence-corrected chi connectivity index (χ0v) is 10.4. The van der Waals surface area contributed by atoms with Crippen molar-refractivity contribution in [3.8, 4) is 11.8 Å². The number of nitrogens with zero attached hydrogens (tertiary/aromatic N) is 2. The smallest absolute Gasteiger partial charge is 0.119 e. The SMILES string of the molecule is N#Cc1ccc(OCCN2CCC(O)CC2)cc1.